The number of aliphatic carboxylic acids is 2. The summed E-state index contributed by atoms with van der Waals surface area (Å²) in [6.45, 7) is 4.42. The van der Waals surface area contributed by atoms with E-state index in [-0.39, 0.29) is 70.5 Å². The summed E-state index contributed by atoms with van der Waals surface area (Å²) in [5.41, 5.74) is 0. The molecule has 0 saturated heterocycles. The van der Waals surface area contributed by atoms with Crippen molar-refractivity contribution in [3.05, 3.63) is 0 Å². The number of carboxylic acid groups (broad SMARTS) is 2. The number of carbonyl (C=O) groups excluding carboxylic acids is 2. The van der Waals surface area contributed by atoms with E-state index in [1.165, 1.54) is 103 Å². The van der Waals surface area contributed by atoms with Crippen LogP contribution in [-0.2, 0) is 9.59 Å². The molecule has 7 heteroatoms. The van der Waals surface area contributed by atoms with Gasteiger partial charge in [0.15, 0.2) is 0 Å². The van der Waals surface area contributed by atoms with Gasteiger partial charge in [0, 0.05) is 11.9 Å². The average molecular weight is 687 g/mol. The molecule has 0 aromatic rings. The second-order valence-corrected chi connectivity index (χ2v) is 12.5. The summed E-state index contributed by atoms with van der Waals surface area (Å²) in [5, 5.41) is 40.1. The molecule has 0 aliphatic rings. The summed E-state index contributed by atoms with van der Waals surface area (Å²) in [4.78, 5) is 20.5. The van der Waals surface area contributed by atoms with Gasteiger partial charge in [-0.3, -0.25) is 0 Å². The van der Waals surface area contributed by atoms with Crippen molar-refractivity contribution in [1.82, 2.24) is 0 Å². The molecule has 0 radical (unpaired) electrons. The zero-order valence-electron chi connectivity index (χ0n) is 28.6. The number of aliphatic hydroxyl groups excluding tert-OH is 2. The summed E-state index contributed by atoms with van der Waals surface area (Å²) in [6.07, 6.45) is 31.8. The smallest absolute Gasteiger partial charge is 0.550 e. The maximum absolute atomic E-state index is 10.2. The minimum absolute atomic E-state index is 0. The number of carbonyl (C=O) groups is 2. The molecule has 2 atom stereocenters. The summed E-state index contributed by atoms with van der Waals surface area (Å²) < 4.78 is 0. The van der Waals surface area contributed by atoms with Crippen LogP contribution in [0.3, 0.4) is 0 Å². The monoisotopic (exact) mass is 686 g/mol. The summed E-state index contributed by atoms with van der Waals surface area (Å²) >= 11 is 0. The molecular weight excluding hydrogens is 616 g/mol. The number of carboxylic acids is 2. The minimum atomic E-state index is -0.928. The van der Waals surface area contributed by atoms with Crippen molar-refractivity contribution in [3.63, 3.8) is 0 Å². The van der Waals surface area contributed by atoms with Crippen LogP contribution in [0.2, 0.25) is 0 Å². The first-order valence-corrected chi connectivity index (χ1v) is 18.1. The quantitative estimate of drug-likeness (QED) is 0.0557. The molecule has 0 saturated carbocycles. The minimum Gasteiger partial charge on any atom is -0.550 e. The van der Waals surface area contributed by atoms with Gasteiger partial charge in [-0.05, 0) is 51.4 Å². The first-order chi connectivity index (χ1) is 20.3. The number of rotatable bonds is 32. The number of hydrogen-bond donors (Lipinski definition) is 2. The largest absolute Gasteiger partial charge is 2.00 e. The molecular formula is C36H70O6Sr. The molecule has 252 valence electrons. The molecule has 0 aliphatic carbocycles. The molecule has 0 aromatic carbocycles. The molecule has 0 aliphatic heterocycles. The summed E-state index contributed by atoms with van der Waals surface area (Å²) in [5.74, 6) is -1.86. The van der Waals surface area contributed by atoms with E-state index in [0.717, 1.165) is 77.0 Å². The van der Waals surface area contributed by atoms with E-state index in [1.807, 2.05) is 0 Å². The zero-order chi connectivity index (χ0) is 31.5. The molecule has 2 unspecified atom stereocenters. The third-order valence-corrected chi connectivity index (χ3v) is 8.12. The molecule has 0 rings (SSSR count). The van der Waals surface area contributed by atoms with Crippen molar-refractivity contribution < 1.29 is 30.0 Å². The predicted octanol–water partition coefficient (Wildman–Crippen LogP) is 7.56. The number of unbranched alkanes of at least 4 members (excludes halogenated alkanes) is 20. The van der Waals surface area contributed by atoms with Crippen molar-refractivity contribution in [3.8, 4) is 0 Å². The van der Waals surface area contributed by atoms with Gasteiger partial charge in [-0.1, -0.05) is 155 Å². The van der Waals surface area contributed by atoms with Crippen LogP contribution in [-0.4, -0.2) is 79.8 Å². The topological polar surface area (TPSA) is 121 Å². The van der Waals surface area contributed by atoms with Gasteiger partial charge in [-0.25, -0.2) is 0 Å². The van der Waals surface area contributed by atoms with Crippen LogP contribution in [0.1, 0.15) is 206 Å². The number of hydrogen-bond acceptors (Lipinski definition) is 6. The third-order valence-electron chi connectivity index (χ3n) is 8.12. The second kappa shape index (κ2) is 40.4. The van der Waals surface area contributed by atoms with Gasteiger partial charge in [0.2, 0.25) is 0 Å². The van der Waals surface area contributed by atoms with Crippen LogP contribution < -0.4 is 10.2 Å². The van der Waals surface area contributed by atoms with E-state index in [9.17, 15) is 30.0 Å². The Kier molecular flexibility index (Phi) is 44.8. The van der Waals surface area contributed by atoms with Crippen molar-refractivity contribution >= 4 is 57.4 Å². The molecule has 0 spiro atoms. The first-order valence-electron chi connectivity index (χ1n) is 18.1. The summed E-state index contributed by atoms with van der Waals surface area (Å²) in [7, 11) is 0. The molecule has 0 amide bonds. The predicted molar refractivity (Wildman–Crippen MR) is 178 cm³/mol. The number of aliphatic hydroxyl groups is 2. The van der Waals surface area contributed by atoms with Gasteiger partial charge in [0.1, 0.15) is 0 Å². The molecule has 43 heavy (non-hydrogen) atoms. The Hall–Kier alpha value is 0.341. The van der Waals surface area contributed by atoms with E-state index in [4.69, 9.17) is 0 Å². The van der Waals surface area contributed by atoms with Crippen LogP contribution >= 0.6 is 0 Å². The Bertz CT molecular complexity index is 512. The van der Waals surface area contributed by atoms with E-state index >= 15 is 0 Å². The molecule has 0 heterocycles. The van der Waals surface area contributed by atoms with Gasteiger partial charge in [-0.2, -0.15) is 0 Å². The molecule has 0 aromatic heterocycles. The van der Waals surface area contributed by atoms with E-state index in [2.05, 4.69) is 13.8 Å². The van der Waals surface area contributed by atoms with Crippen LogP contribution in [0.4, 0.5) is 0 Å². The van der Waals surface area contributed by atoms with Crippen LogP contribution in [0, 0.1) is 0 Å². The fourth-order valence-electron chi connectivity index (χ4n) is 5.32. The Morgan fingerprint density at radius 2 is 0.628 bits per heavy atom. The fraction of sp³-hybridized carbons (Fsp3) is 0.944. The van der Waals surface area contributed by atoms with Crippen LogP contribution in [0.25, 0.3) is 0 Å². The SMILES string of the molecule is CCCCCCC(O)CCCCCCCCCCC(=O)[O-].CCCCCCC(O)CCCCCCCCCCC(=O)[O-].[Sr+2]. The van der Waals surface area contributed by atoms with Crippen molar-refractivity contribution in [2.75, 3.05) is 0 Å². The van der Waals surface area contributed by atoms with E-state index in [0.29, 0.717) is 0 Å². The maximum atomic E-state index is 10.2. The third kappa shape index (κ3) is 46.9. The molecule has 0 bridgehead atoms. The van der Waals surface area contributed by atoms with E-state index < -0.39 is 11.9 Å². The van der Waals surface area contributed by atoms with Gasteiger partial charge >= 0.3 is 45.5 Å². The van der Waals surface area contributed by atoms with Crippen molar-refractivity contribution in [1.29, 1.82) is 0 Å². The summed E-state index contributed by atoms with van der Waals surface area (Å²) in [6, 6.07) is 0. The molecule has 2 N–H and O–H groups in total. The normalized spacial score (nSPS) is 12.2. The van der Waals surface area contributed by atoms with Gasteiger partial charge < -0.3 is 30.0 Å². The molecule has 0 fully saturated rings. The fourth-order valence-corrected chi connectivity index (χ4v) is 5.32. The van der Waals surface area contributed by atoms with Gasteiger partial charge in [-0.15, -0.1) is 0 Å². The van der Waals surface area contributed by atoms with Crippen LogP contribution in [0.5, 0.6) is 0 Å². The molecule has 6 nitrogen and oxygen atoms in total. The maximum Gasteiger partial charge on any atom is 2.00 e. The Morgan fingerprint density at radius 1 is 0.419 bits per heavy atom. The second-order valence-electron chi connectivity index (χ2n) is 12.5. The Balaban J connectivity index is -0.000000727. The van der Waals surface area contributed by atoms with Crippen LogP contribution in [0.15, 0.2) is 0 Å². The van der Waals surface area contributed by atoms with E-state index in [1.54, 1.807) is 0 Å². The van der Waals surface area contributed by atoms with Crippen molar-refractivity contribution in [2.24, 2.45) is 0 Å². The standard InChI is InChI=1S/2C18H36O3.Sr/c2*1-2-3-4-11-14-17(19)15-12-9-7-5-6-8-10-13-16-18(20)21;/h2*17,19H,2-16H2,1H3,(H,20,21);/q;;+2/p-2. The van der Waals surface area contributed by atoms with Crippen molar-refractivity contribution in [2.45, 2.75) is 219 Å². The van der Waals surface area contributed by atoms with Gasteiger partial charge in [0.05, 0.1) is 12.2 Å². The van der Waals surface area contributed by atoms with Gasteiger partial charge in [0.25, 0.3) is 0 Å². The Labute approximate surface area is 303 Å². The average Bonchev–Trinajstić information content (AvgIpc) is 2.95. The first kappa shape index (κ1) is 47.7. The Morgan fingerprint density at radius 3 is 0.860 bits per heavy atom. The zero-order valence-corrected chi connectivity index (χ0v) is 32.1.